The van der Waals surface area contributed by atoms with Gasteiger partial charge < -0.3 is 27.9 Å². The molecule has 0 aliphatic rings. The SMILES string of the molecule is Cc1ccc(/C=C/CCCCCCCCCCCCCC(=O)OC[C@H](COP(=O)([O-])OCC[N+](C)(C)C)OC(=O)CCCCCCCCCCCCC/C=C/c2ccc(C)cc2)cc1. The highest BCUT2D eigenvalue weighted by Gasteiger charge is 2.21. The van der Waals surface area contributed by atoms with E-state index in [0.29, 0.717) is 17.4 Å². The number of carbonyl (C=O) groups is 2. The second kappa shape index (κ2) is 36.1. The summed E-state index contributed by atoms with van der Waals surface area (Å²) in [6, 6.07) is 17.3. The lowest BCUT2D eigenvalue weighted by atomic mass is 10.0. The second-order valence-electron chi connectivity index (χ2n) is 18.9. The molecule has 0 saturated heterocycles. The largest absolute Gasteiger partial charge is 0.756 e. The van der Waals surface area contributed by atoms with Crippen molar-refractivity contribution in [3.63, 3.8) is 0 Å². The maximum Gasteiger partial charge on any atom is 0.306 e. The number of phosphoric ester groups is 1. The average molecular weight is 910 g/mol. The number of carbonyl (C=O) groups excluding carboxylic acids is 2. The van der Waals surface area contributed by atoms with Crippen LogP contribution in [0.15, 0.2) is 60.7 Å². The van der Waals surface area contributed by atoms with Gasteiger partial charge in [-0.05, 0) is 63.5 Å². The van der Waals surface area contributed by atoms with Gasteiger partial charge in [-0.3, -0.25) is 14.2 Å². The molecule has 0 fully saturated rings. The molecule has 9 nitrogen and oxygen atoms in total. The molecule has 0 heterocycles. The van der Waals surface area contributed by atoms with Crippen molar-refractivity contribution in [1.82, 2.24) is 0 Å². The number of phosphoric acid groups is 1. The van der Waals surface area contributed by atoms with Gasteiger partial charge in [0.1, 0.15) is 19.8 Å². The number of aryl methyl sites for hydroxylation is 2. The van der Waals surface area contributed by atoms with Crippen LogP contribution in [0.2, 0.25) is 0 Å². The van der Waals surface area contributed by atoms with Crippen LogP contribution < -0.4 is 4.89 Å². The Kier molecular flexibility index (Phi) is 32.2. The smallest absolute Gasteiger partial charge is 0.306 e. The van der Waals surface area contributed by atoms with Crippen molar-refractivity contribution in [2.45, 2.75) is 187 Å². The van der Waals surface area contributed by atoms with E-state index in [9.17, 15) is 19.0 Å². The summed E-state index contributed by atoms with van der Waals surface area (Å²) >= 11 is 0. The summed E-state index contributed by atoms with van der Waals surface area (Å²) in [6.45, 7) is 3.92. The first-order chi connectivity index (χ1) is 30.8. The minimum Gasteiger partial charge on any atom is -0.756 e. The van der Waals surface area contributed by atoms with Crippen molar-refractivity contribution < 1.29 is 42.1 Å². The lowest BCUT2D eigenvalue weighted by Gasteiger charge is -2.28. The van der Waals surface area contributed by atoms with Gasteiger partial charge in [-0.2, -0.15) is 0 Å². The number of benzene rings is 2. The molecule has 64 heavy (non-hydrogen) atoms. The van der Waals surface area contributed by atoms with E-state index in [2.05, 4.69) is 86.7 Å². The van der Waals surface area contributed by atoms with Crippen LogP contribution in [0, 0.1) is 13.8 Å². The molecule has 10 heteroatoms. The molecule has 1 unspecified atom stereocenters. The Morgan fingerprint density at radius 3 is 1.33 bits per heavy atom. The van der Waals surface area contributed by atoms with Crippen LogP contribution >= 0.6 is 7.82 Å². The van der Waals surface area contributed by atoms with E-state index in [1.807, 2.05) is 21.1 Å². The van der Waals surface area contributed by atoms with E-state index >= 15 is 0 Å². The molecule has 0 aromatic heterocycles. The van der Waals surface area contributed by atoms with Gasteiger partial charge in [0.05, 0.1) is 27.7 Å². The zero-order chi connectivity index (χ0) is 46.6. The molecule has 2 aromatic carbocycles. The monoisotopic (exact) mass is 910 g/mol. The summed E-state index contributed by atoms with van der Waals surface area (Å²) in [6.07, 6.45) is 36.1. The number of hydrogen-bond acceptors (Lipinski definition) is 8. The van der Waals surface area contributed by atoms with Crippen molar-refractivity contribution in [1.29, 1.82) is 0 Å². The lowest BCUT2D eigenvalue weighted by Crippen LogP contribution is -2.37. The van der Waals surface area contributed by atoms with Gasteiger partial charge >= 0.3 is 11.9 Å². The standard InChI is InChI=1S/C54H88NO8P/c1-48-36-40-50(41-37-48)32-28-24-20-16-12-8-6-10-14-18-22-26-30-34-53(56)60-46-52(47-62-64(58,59)61-45-44-55(3,4)5)63-54(57)35-31-27-23-19-15-11-7-9-13-17-21-25-29-33-51-42-38-49(2)39-43-51/h28-29,32-33,36-43,52H,6-27,30-31,34-35,44-47H2,1-5H3/b32-28+,33-29+/t52-/m1/s1. The predicted molar refractivity (Wildman–Crippen MR) is 264 cm³/mol. The number of rotatable bonds is 40. The van der Waals surface area contributed by atoms with Crippen LogP contribution in [0.25, 0.3) is 12.2 Å². The number of ether oxygens (including phenoxy) is 2. The van der Waals surface area contributed by atoms with Gasteiger partial charge in [-0.25, -0.2) is 0 Å². The van der Waals surface area contributed by atoms with Crippen LogP contribution in [-0.4, -0.2) is 70.0 Å². The molecule has 2 atom stereocenters. The molecular weight excluding hydrogens is 822 g/mol. The fraction of sp³-hybridized carbons (Fsp3) is 0.667. The first-order valence-electron chi connectivity index (χ1n) is 25.0. The molecule has 0 amide bonds. The average Bonchev–Trinajstić information content (AvgIpc) is 3.25. The van der Waals surface area contributed by atoms with Gasteiger partial charge in [-0.15, -0.1) is 0 Å². The Labute approximate surface area is 390 Å². The van der Waals surface area contributed by atoms with Crippen LogP contribution in [-0.2, 0) is 32.7 Å². The van der Waals surface area contributed by atoms with Crippen molar-refractivity contribution in [3.05, 3.63) is 82.9 Å². The summed E-state index contributed by atoms with van der Waals surface area (Å²) in [5.41, 5.74) is 5.12. The van der Waals surface area contributed by atoms with E-state index in [-0.39, 0.29) is 26.1 Å². The Morgan fingerprint density at radius 2 is 0.922 bits per heavy atom. The topological polar surface area (TPSA) is 111 Å². The lowest BCUT2D eigenvalue weighted by molar-refractivity contribution is -0.870. The summed E-state index contributed by atoms with van der Waals surface area (Å²) in [5.74, 6) is -0.845. The normalized spacial score (nSPS) is 13.4. The number of allylic oxidation sites excluding steroid dienone is 2. The van der Waals surface area contributed by atoms with Crippen molar-refractivity contribution in [2.24, 2.45) is 0 Å². The third-order valence-electron chi connectivity index (χ3n) is 11.4. The highest BCUT2D eigenvalue weighted by atomic mass is 31.2. The Hall–Kier alpha value is -3.07. The Bertz CT molecular complexity index is 1580. The van der Waals surface area contributed by atoms with Gasteiger partial charge in [0.25, 0.3) is 7.82 Å². The maximum atomic E-state index is 12.8. The van der Waals surface area contributed by atoms with Gasteiger partial charge in [0, 0.05) is 12.8 Å². The summed E-state index contributed by atoms with van der Waals surface area (Å²) < 4.78 is 34.1. The van der Waals surface area contributed by atoms with Crippen LogP contribution in [0.4, 0.5) is 0 Å². The minimum absolute atomic E-state index is 0.0360. The second-order valence-corrected chi connectivity index (χ2v) is 20.3. The van der Waals surface area contributed by atoms with E-state index in [0.717, 1.165) is 57.8 Å². The van der Waals surface area contributed by atoms with Gasteiger partial charge in [-0.1, -0.05) is 200 Å². The molecule has 0 aliphatic carbocycles. The zero-order valence-corrected chi connectivity index (χ0v) is 41.8. The summed E-state index contributed by atoms with van der Waals surface area (Å²) in [5, 5.41) is 0. The van der Waals surface area contributed by atoms with E-state index in [1.54, 1.807) is 0 Å². The molecule has 0 radical (unpaired) electrons. The predicted octanol–water partition coefficient (Wildman–Crippen LogP) is 13.8. The number of unbranched alkanes of at least 4 members (excludes halogenated alkanes) is 22. The quantitative estimate of drug-likeness (QED) is 0.0281. The summed E-state index contributed by atoms with van der Waals surface area (Å²) in [7, 11) is 1.15. The third-order valence-corrected chi connectivity index (χ3v) is 12.4. The first-order valence-corrected chi connectivity index (χ1v) is 26.5. The van der Waals surface area contributed by atoms with Gasteiger partial charge in [0.15, 0.2) is 6.10 Å². The van der Waals surface area contributed by atoms with E-state index in [1.165, 1.54) is 112 Å². The molecule has 0 aliphatic heterocycles. The van der Waals surface area contributed by atoms with Gasteiger partial charge in [0.2, 0.25) is 0 Å². The van der Waals surface area contributed by atoms with Crippen molar-refractivity contribution >= 4 is 31.9 Å². The number of nitrogens with zero attached hydrogens (tertiary/aromatic N) is 1. The molecule has 0 spiro atoms. The zero-order valence-electron chi connectivity index (χ0n) is 40.9. The van der Waals surface area contributed by atoms with Crippen LogP contribution in [0.3, 0.4) is 0 Å². The van der Waals surface area contributed by atoms with Crippen LogP contribution in [0.1, 0.15) is 189 Å². The molecule has 0 bridgehead atoms. The van der Waals surface area contributed by atoms with E-state index in [4.69, 9.17) is 18.5 Å². The first kappa shape index (κ1) is 57.1. The molecule has 0 N–H and O–H groups in total. The Balaban J connectivity index is 1.53. The highest BCUT2D eigenvalue weighted by Crippen LogP contribution is 2.38. The highest BCUT2D eigenvalue weighted by molar-refractivity contribution is 7.45. The minimum atomic E-state index is -4.64. The molecule has 0 saturated carbocycles. The molecule has 2 rings (SSSR count). The molecular formula is C54H88NO8P. The van der Waals surface area contributed by atoms with Crippen molar-refractivity contribution in [3.8, 4) is 0 Å². The molecule has 2 aromatic rings. The van der Waals surface area contributed by atoms with Crippen LogP contribution in [0.5, 0.6) is 0 Å². The third kappa shape index (κ3) is 34.3. The summed E-state index contributed by atoms with van der Waals surface area (Å²) in [4.78, 5) is 37.8. The van der Waals surface area contributed by atoms with Crippen molar-refractivity contribution in [2.75, 3.05) is 47.5 Å². The number of hydrogen-bond donors (Lipinski definition) is 0. The number of quaternary nitrogens is 1. The number of esters is 2. The maximum absolute atomic E-state index is 12.8. The number of likely N-dealkylation sites (N-methyl/N-ethyl adjacent to an activating group) is 1. The fourth-order valence-corrected chi connectivity index (χ4v) is 8.02. The molecule has 362 valence electrons. The Morgan fingerprint density at radius 1 is 0.547 bits per heavy atom. The fourth-order valence-electron chi connectivity index (χ4n) is 7.30. The van der Waals surface area contributed by atoms with E-state index < -0.39 is 32.5 Å².